The molecule has 0 aliphatic heterocycles. The SMILES string of the molecule is CCCCCCc1cc(CCO[Si](C)(C)C(C)(C)C)cc(I)c1[Si](C)(C)C. The van der Waals surface area contributed by atoms with Gasteiger partial charge in [0.1, 0.15) is 0 Å². The molecule has 0 unspecified atom stereocenters. The van der Waals surface area contributed by atoms with Gasteiger partial charge in [0, 0.05) is 10.2 Å². The molecule has 0 radical (unpaired) electrons. The largest absolute Gasteiger partial charge is 0.416 e. The van der Waals surface area contributed by atoms with E-state index in [1.807, 2.05) is 0 Å². The molecule has 1 aromatic carbocycles. The molecule has 0 saturated carbocycles. The van der Waals surface area contributed by atoms with Crippen LogP contribution in [-0.2, 0) is 17.3 Å². The van der Waals surface area contributed by atoms with Crippen LogP contribution in [-0.4, -0.2) is 23.0 Å². The highest BCUT2D eigenvalue weighted by molar-refractivity contribution is 14.1. The van der Waals surface area contributed by atoms with Gasteiger partial charge < -0.3 is 4.43 Å². The Kier molecular flexibility index (Phi) is 9.77. The molecule has 1 aromatic rings. The van der Waals surface area contributed by atoms with Gasteiger partial charge in [0.2, 0.25) is 0 Å². The van der Waals surface area contributed by atoms with Crippen molar-refractivity contribution < 1.29 is 4.43 Å². The fraction of sp³-hybridized carbons (Fsp3) is 0.739. The van der Waals surface area contributed by atoms with Crippen LogP contribution in [0.2, 0.25) is 37.8 Å². The summed E-state index contributed by atoms with van der Waals surface area (Å²) >= 11 is 2.59. The van der Waals surface area contributed by atoms with E-state index >= 15 is 0 Å². The van der Waals surface area contributed by atoms with Crippen LogP contribution in [0.1, 0.15) is 64.5 Å². The molecule has 4 heteroatoms. The first-order valence-corrected chi connectivity index (χ1v) is 18.2. The molecule has 0 aromatic heterocycles. The van der Waals surface area contributed by atoms with Gasteiger partial charge in [-0.1, -0.05) is 72.7 Å². The average Bonchev–Trinajstić information content (AvgIpc) is 2.48. The van der Waals surface area contributed by atoms with Crippen molar-refractivity contribution in [3.8, 4) is 0 Å². The van der Waals surface area contributed by atoms with E-state index in [0.29, 0.717) is 0 Å². The molecule has 0 fully saturated rings. The summed E-state index contributed by atoms with van der Waals surface area (Å²) in [4.78, 5) is 0. The van der Waals surface area contributed by atoms with E-state index in [2.05, 4.69) is 95.2 Å². The minimum absolute atomic E-state index is 0.285. The van der Waals surface area contributed by atoms with E-state index in [-0.39, 0.29) is 5.04 Å². The second-order valence-electron chi connectivity index (χ2n) is 10.5. The number of rotatable bonds is 10. The van der Waals surface area contributed by atoms with Crippen molar-refractivity contribution >= 4 is 44.2 Å². The maximum Gasteiger partial charge on any atom is 0.191 e. The van der Waals surface area contributed by atoms with Gasteiger partial charge in [-0.25, -0.2) is 0 Å². The number of hydrogen-bond acceptors (Lipinski definition) is 1. The van der Waals surface area contributed by atoms with Crippen molar-refractivity contribution in [1.29, 1.82) is 0 Å². The lowest BCUT2D eigenvalue weighted by atomic mass is 10.0. The summed E-state index contributed by atoms with van der Waals surface area (Å²) < 4.78 is 7.92. The highest BCUT2D eigenvalue weighted by atomic mass is 127. The van der Waals surface area contributed by atoms with Crippen LogP contribution >= 0.6 is 22.6 Å². The number of aryl methyl sites for hydroxylation is 1. The molecule has 27 heavy (non-hydrogen) atoms. The smallest absolute Gasteiger partial charge is 0.191 e. The summed E-state index contributed by atoms with van der Waals surface area (Å²) in [5.74, 6) is 0. The molecule has 0 amide bonds. The lowest BCUT2D eigenvalue weighted by molar-refractivity contribution is 0.292. The normalized spacial score (nSPS) is 13.3. The number of unbranched alkanes of at least 4 members (excludes halogenated alkanes) is 3. The first-order chi connectivity index (χ1) is 12.3. The van der Waals surface area contributed by atoms with Crippen LogP contribution in [0.3, 0.4) is 0 Å². The summed E-state index contributed by atoms with van der Waals surface area (Å²) in [6.45, 7) is 22.3. The number of halogens is 1. The molecule has 0 atom stereocenters. The van der Waals surface area contributed by atoms with Gasteiger partial charge in [-0.15, -0.1) is 0 Å². The standard InChI is InChI=1S/C23H43IOSi2/c1-10-11-12-13-14-20-17-19(18-21(24)22(20)26(5,6)7)15-16-25-27(8,9)23(2,3)4/h17-18H,10-16H2,1-9H3. The topological polar surface area (TPSA) is 9.23 Å². The summed E-state index contributed by atoms with van der Waals surface area (Å²) in [6.07, 6.45) is 7.63. The van der Waals surface area contributed by atoms with Crippen molar-refractivity contribution in [1.82, 2.24) is 0 Å². The molecule has 0 bridgehead atoms. The minimum atomic E-state index is -1.65. The first kappa shape index (κ1) is 25.4. The maximum atomic E-state index is 6.43. The number of benzene rings is 1. The third-order valence-corrected chi connectivity index (χ3v) is 13.9. The molecule has 156 valence electrons. The molecule has 0 aliphatic rings. The second kappa shape index (κ2) is 10.4. The Balaban J connectivity index is 2.94. The Labute approximate surface area is 185 Å². The van der Waals surface area contributed by atoms with Crippen LogP contribution in [0.4, 0.5) is 0 Å². The van der Waals surface area contributed by atoms with Gasteiger partial charge in [-0.05, 0) is 82.4 Å². The highest BCUT2D eigenvalue weighted by Crippen LogP contribution is 2.36. The van der Waals surface area contributed by atoms with Crippen LogP contribution in [0.25, 0.3) is 0 Å². The van der Waals surface area contributed by atoms with Gasteiger partial charge in [0.05, 0.1) is 8.07 Å². The summed E-state index contributed by atoms with van der Waals surface area (Å²) in [7, 11) is -2.98. The summed E-state index contributed by atoms with van der Waals surface area (Å²) in [6, 6.07) is 4.94. The minimum Gasteiger partial charge on any atom is -0.416 e. The van der Waals surface area contributed by atoms with Crippen molar-refractivity contribution in [2.24, 2.45) is 0 Å². The lowest BCUT2D eigenvalue weighted by Crippen LogP contribution is -2.42. The summed E-state index contributed by atoms with van der Waals surface area (Å²) in [5.41, 5.74) is 3.09. The predicted octanol–water partition coefficient (Wildman–Crippen LogP) is 7.52. The first-order valence-electron chi connectivity index (χ1n) is 10.8. The summed E-state index contributed by atoms with van der Waals surface area (Å²) in [5, 5.41) is 1.97. The van der Waals surface area contributed by atoms with Gasteiger partial charge in [0.15, 0.2) is 8.32 Å². The monoisotopic (exact) mass is 518 g/mol. The van der Waals surface area contributed by atoms with E-state index in [9.17, 15) is 0 Å². The van der Waals surface area contributed by atoms with Crippen LogP contribution in [0, 0.1) is 3.57 Å². The molecular weight excluding hydrogens is 475 g/mol. The molecule has 0 spiro atoms. The Morgan fingerprint density at radius 3 is 2.07 bits per heavy atom. The van der Waals surface area contributed by atoms with E-state index in [1.165, 1.54) is 41.2 Å². The molecule has 0 aliphatic carbocycles. The van der Waals surface area contributed by atoms with Crippen molar-refractivity contribution in [2.45, 2.75) is 104 Å². The fourth-order valence-electron chi connectivity index (χ4n) is 3.29. The van der Waals surface area contributed by atoms with Gasteiger partial charge in [-0.2, -0.15) is 0 Å². The highest BCUT2D eigenvalue weighted by Gasteiger charge is 2.36. The van der Waals surface area contributed by atoms with E-state index in [1.54, 1.807) is 10.8 Å². The molecule has 1 rings (SSSR count). The van der Waals surface area contributed by atoms with Crippen LogP contribution in [0.15, 0.2) is 12.1 Å². The lowest BCUT2D eigenvalue weighted by Gasteiger charge is -2.36. The molecular formula is C23H43IOSi2. The predicted molar refractivity (Wildman–Crippen MR) is 137 cm³/mol. The average molecular weight is 519 g/mol. The molecule has 1 nitrogen and oxygen atoms in total. The Hall–Kier alpha value is 0.344. The van der Waals surface area contributed by atoms with Crippen molar-refractivity contribution in [3.05, 3.63) is 26.8 Å². The Bertz CT molecular complexity index is 598. The van der Waals surface area contributed by atoms with Crippen molar-refractivity contribution in [3.63, 3.8) is 0 Å². The third-order valence-electron chi connectivity index (χ3n) is 5.94. The van der Waals surface area contributed by atoms with E-state index < -0.39 is 16.4 Å². The fourth-order valence-corrected chi connectivity index (χ4v) is 9.46. The van der Waals surface area contributed by atoms with E-state index in [0.717, 1.165) is 13.0 Å². The Morgan fingerprint density at radius 1 is 0.926 bits per heavy atom. The molecule has 0 heterocycles. The van der Waals surface area contributed by atoms with E-state index in [4.69, 9.17) is 4.43 Å². The Morgan fingerprint density at radius 2 is 1.56 bits per heavy atom. The molecule has 0 saturated heterocycles. The zero-order valence-corrected chi connectivity index (χ0v) is 23.5. The van der Waals surface area contributed by atoms with Gasteiger partial charge >= 0.3 is 0 Å². The zero-order valence-electron chi connectivity index (χ0n) is 19.4. The van der Waals surface area contributed by atoms with Crippen LogP contribution < -0.4 is 5.19 Å². The second-order valence-corrected chi connectivity index (χ2v) is 21.5. The van der Waals surface area contributed by atoms with Gasteiger partial charge in [0.25, 0.3) is 0 Å². The maximum absolute atomic E-state index is 6.43. The number of hydrogen-bond donors (Lipinski definition) is 0. The zero-order chi connectivity index (χ0) is 20.9. The van der Waals surface area contributed by atoms with Crippen molar-refractivity contribution in [2.75, 3.05) is 6.61 Å². The molecule has 0 N–H and O–H groups in total. The third kappa shape index (κ3) is 7.94. The quantitative estimate of drug-likeness (QED) is 0.177. The van der Waals surface area contributed by atoms with Gasteiger partial charge in [-0.3, -0.25) is 0 Å². The van der Waals surface area contributed by atoms with Crippen LogP contribution in [0.5, 0.6) is 0 Å².